The van der Waals surface area contributed by atoms with Crippen LogP contribution in [0.5, 0.6) is 0 Å². The highest BCUT2D eigenvalue weighted by molar-refractivity contribution is 14.0. The fourth-order valence-corrected chi connectivity index (χ4v) is 4.38. The van der Waals surface area contributed by atoms with Crippen molar-refractivity contribution in [1.29, 1.82) is 0 Å². The molecule has 0 bridgehead atoms. The van der Waals surface area contributed by atoms with Crippen molar-refractivity contribution in [3.05, 3.63) is 56.2 Å². The molecule has 2 heterocycles. The van der Waals surface area contributed by atoms with Crippen LogP contribution in [-0.2, 0) is 19.6 Å². The molecule has 26 heavy (non-hydrogen) atoms. The van der Waals surface area contributed by atoms with Gasteiger partial charge in [-0.15, -0.1) is 35.3 Å². The summed E-state index contributed by atoms with van der Waals surface area (Å²) in [6.45, 7) is 5.12. The number of rotatable bonds is 6. The van der Waals surface area contributed by atoms with Crippen molar-refractivity contribution in [1.82, 2.24) is 15.5 Å². The summed E-state index contributed by atoms with van der Waals surface area (Å²) in [5.74, 6) is 0.825. The number of nitrogens with zero attached hydrogens (tertiary/aromatic N) is 2. The maximum Gasteiger partial charge on any atom is 0.191 e. The number of hydrogen-bond acceptors (Lipinski definition) is 3. The molecule has 0 spiro atoms. The average Bonchev–Trinajstić information content (AvgIpc) is 3.28. The monoisotopic (exact) mass is 548 g/mol. The summed E-state index contributed by atoms with van der Waals surface area (Å²) in [4.78, 5) is 8.10. The molecule has 142 valence electrons. The molecule has 7 heteroatoms. The third kappa shape index (κ3) is 6.83. The average molecular weight is 549 g/mol. The van der Waals surface area contributed by atoms with Crippen LogP contribution in [0, 0.1) is 0 Å². The first-order valence-corrected chi connectivity index (χ1v) is 10.4. The third-order valence-electron chi connectivity index (χ3n) is 4.36. The lowest BCUT2D eigenvalue weighted by molar-refractivity contribution is 0.331. The molecular formula is C19H26BrIN4S. The first kappa shape index (κ1) is 21.7. The van der Waals surface area contributed by atoms with Crippen LogP contribution >= 0.6 is 51.2 Å². The van der Waals surface area contributed by atoms with E-state index in [9.17, 15) is 0 Å². The molecule has 0 amide bonds. The predicted octanol–water partition coefficient (Wildman–Crippen LogP) is 4.59. The molecule has 1 aliphatic heterocycles. The third-order valence-corrected chi connectivity index (χ3v) is 6.06. The SMILES string of the molecule is CN=C(NCc1ccc(CN2CCCC2)cc1)NCc1cc(Br)cs1.I. The van der Waals surface area contributed by atoms with E-state index in [-0.39, 0.29) is 24.0 Å². The summed E-state index contributed by atoms with van der Waals surface area (Å²) in [5, 5.41) is 8.82. The molecule has 0 aliphatic carbocycles. The predicted molar refractivity (Wildman–Crippen MR) is 125 cm³/mol. The lowest BCUT2D eigenvalue weighted by Gasteiger charge is -2.15. The van der Waals surface area contributed by atoms with Gasteiger partial charge in [0.2, 0.25) is 0 Å². The van der Waals surface area contributed by atoms with Gasteiger partial charge in [-0.3, -0.25) is 9.89 Å². The molecule has 1 aliphatic rings. The molecule has 1 aromatic carbocycles. The van der Waals surface area contributed by atoms with Crippen LogP contribution in [0.1, 0.15) is 28.8 Å². The van der Waals surface area contributed by atoms with E-state index in [1.165, 1.54) is 41.9 Å². The van der Waals surface area contributed by atoms with Crippen LogP contribution in [0.25, 0.3) is 0 Å². The molecule has 3 rings (SSSR count). The minimum atomic E-state index is 0. The normalized spacial score (nSPS) is 14.9. The topological polar surface area (TPSA) is 39.7 Å². The van der Waals surface area contributed by atoms with Crippen molar-refractivity contribution < 1.29 is 0 Å². The number of likely N-dealkylation sites (tertiary alicyclic amines) is 1. The van der Waals surface area contributed by atoms with Crippen LogP contribution in [0.4, 0.5) is 0 Å². The molecule has 2 N–H and O–H groups in total. The smallest absolute Gasteiger partial charge is 0.191 e. The maximum absolute atomic E-state index is 4.29. The number of thiophene rings is 1. The van der Waals surface area contributed by atoms with E-state index in [4.69, 9.17) is 0 Å². The molecule has 1 saturated heterocycles. The van der Waals surface area contributed by atoms with Gasteiger partial charge < -0.3 is 10.6 Å². The Morgan fingerprint density at radius 3 is 2.38 bits per heavy atom. The van der Waals surface area contributed by atoms with Crippen molar-refractivity contribution in [3.63, 3.8) is 0 Å². The van der Waals surface area contributed by atoms with Gasteiger partial charge in [-0.05, 0) is 59.1 Å². The highest BCUT2D eigenvalue weighted by Gasteiger charge is 2.11. The fourth-order valence-electron chi connectivity index (χ4n) is 2.99. The zero-order valence-corrected chi connectivity index (χ0v) is 19.7. The van der Waals surface area contributed by atoms with Crippen molar-refractivity contribution in [2.45, 2.75) is 32.5 Å². The summed E-state index contributed by atoms with van der Waals surface area (Å²) in [6, 6.07) is 11.0. The lowest BCUT2D eigenvalue weighted by atomic mass is 10.1. The van der Waals surface area contributed by atoms with Crippen LogP contribution in [-0.4, -0.2) is 31.0 Å². The number of halogens is 2. The fraction of sp³-hybridized carbons (Fsp3) is 0.421. The highest BCUT2D eigenvalue weighted by Crippen LogP contribution is 2.19. The summed E-state index contributed by atoms with van der Waals surface area (Å²) < 4.78 is 1.13. The van der Waals surface area contributed by atoms with E-state index in [1.54, 1.807) is 18.4 Å². The Bertz CT molecular complexity index is 696. The molecule has 1 aromatic heterocycles. The Hall–Kier alpha value is -0.640. The van der Waals surface area contributed by atoms with E-state index < -0.39 is 0 Å². The summed E-state index contributed by atoms with van der Waals surface area (Å²) >= 11 is 5.22. The van der Waals surface area contributed by atoms with Gasteiger partial charge in [0.05, 0.1) is 6.54 Å². The summed E-state index contributed by atoms with van der Waals surface area (Å²) in [7, 11) is 1.80. The van der Waals surface area contributed by atoms with E-state index in [0.29, 0.717) is 0 Å². The second-order valence-corrected chi connectivity index (χ2v) is 8.22. The quantitative estimate of drug-likeness (QED) is 0.315. The number of nitrogens with one attached hydrogen (secondary N) is 2. The van der Waals surface area contributed by atoms with Crippen molar-refractivity contribution in [3.8, 4) is 0 Å². The first-order valence-electron chi connectivity index (χ1n) is 8.70. The number of aliphatic imine (C=N–C) groups is 1. The Morgan fingerprint density at radius 2 is 1.77 bits per heavy atom. The molecule has 4 nitrogen and oxygen atoms in total. The molecule has 2 aromatic rings. The largest absolute Gasteiger partial charge is 0.352 e. The van der Waals surface area contributed by atoms with Gasteiger partial charge in [-0.2, -0.15) is 0 Å². The molecule has 0 saturated carbocycles. The van der Waals surface area contributed by atoms with Crippen molar-refractivity contribution in [2.75, 3.05) is 20.1 Å². The Balaban J connectivity index is 0.00000243. The zero-order chi connectivity index (χ0) is 17.5. The Kier molecular flexibility index (Phi) is 9.38. The molecular weight excluding hydrogens is 523 g/mol. The van der Waals surface area contributed by atoms with Gasteiger partial charge in [0, 0.05) is 34.9 Å². The van der Waals surface area contributed by atoms with E-state index >= 15 is 0 Å². The summed E-state index contributed by atoms with van der Waals surface area (Å²) in [5.41, 5.74) is 2.67. The molecule has 1 fully saturated rings. The standard InChI is InChI=1S/C19H25BrN4S.HI/c1-21-19(23-12-18-10-17(20)14-25-18)22-11-15-4-6-16(7-5-15)13-24-8-2-3-9-24;/h4-7,10,14H,2-3,8-9,11-13H2,1H3,(H2,21,22,23);1H. The number of benzene rings is 1. The second-order valence-electron chi connectivity index (χ2n) is 6.31. The minimum Gasteiger partial charge on any atom is -0.352 e. The van der Waals surface area contributed by atoms with Gasteiger partial charge in [0.25, 0.3) is 0 Å². The van der Waals surface area contributed by atoms with Gasteiger partial charge in [-0.1, -0.05) is 24.3 Å². The number of guanidine groups is 1. The lowest BCUT2D eigenvalue weighted by Crippen LogP contribution is -2.36. The molecule has 0 unspecified atom stereocenters. The van der Waals surface area contributed by atoms with Crippen LogP contribution in [0.2, 0.25) is 0 Å². The van der Waals surface area contributed by atoms with Crippen molar-refractivity contribution >= 4 is 57.2 Å². The molecule has 0 radical (unpaired) electrons. The Morgan fingerprint density at radius 1 is 1.12 bits per heavy atom. The van der Waals surface area contributed by atoms with E-state index in [1.807, 2.05) is 0 Å². The minimum absolute atomic E-state index is 0. The first-order chi connectivity index (χ1) is 12.2. The second kappa shape index (κ2) is 11.3. The van der Waals surface area contributed by atoms with Crippen LogP contribution in [0.3, 0.4) is 0 Å². The number of hydrogen-bond donors (Lipinski definition) is 2. The van der Waals surface area contributed by atoms with Gasteiger partial charge in [0.1, 0.15) is 0 Å². The van der Waals surface area contributed by atoms with Crippen molar-refractivity contribution in [2.24, 2.45) is 4.99 Å². The molecule has 0 atom stereocenters. The van der Waals surface area contributed by atoms with Crippen LogP contribution < -0.4 is 10.6 Å². The maximum atomic E-state index is 4.29. The zero-order valence-electron chi connectivity index (χ0n) is 15.0. The summed E-state index contributed by atoms with van der Waals surface area (Å²) in [6.07, 6.45) is 2.69. The van der Waals surface area contributed by atoms with Gasteiger partial charge in [0.15, 0.2) is 5.96 Å². The van der Waals surface area contributed by atoms with E-state index in [0.717, 1.165) is 30.1 Å². The van der Waals surface area contributed by atoms with Crippen LogP contribution in [0.15, 0.2) is 45.2 Å². The Labute approximate surface area is 185 Å². The van der Waals surface area contributed by atoms with Gasteiger partial charge in [-0.25, -0.2) is 0 Å². The van der Waals surface area contributed by atoms with E-state index in [2.05, 4.69) is 72.2 Å². The van der Waals surface area contributed by atoms with Gasteiger partial charge >= 0.3 is 0 Å². The highest BCUT2D eigenvalue weighted by atomic mass is 127.